The Morgan fingerprint density at radius 2 is 2.17 bits per heavy atom. The van der Waals surface area contributed by atoms with Gasteiger partial charge in [0.05, 0.1) is 30.8 Å². The lowest BCUT2D eigenvalue weighted by Crippen LogP contribution is -2.29. The normalized spacial score (nSPS) is 23.9. The van der Waals surface area contributed by atoms with E-state index < -0.39 is 0 Å². The molecule has 0 radical (unpaired) electrons. The van der Waals surface area contributed by atoms with Gasteiger partial charge in [-0.1, -0.05) is 0 Å². The molecule has 1 aromatic heterocycles. The minimum Gasteiger partial charge on any atom is -0.474 e. The summed E-state index contributed by atoms with van der Waals surface area (Å²) in [7, 11) is 0. The minimum absolute atomic E-state index is 0.0820. The number of rotatable bonds is 5. The van der Waals surface area contributed by atoms with Gasteiger partial charge in [-0.2, -0.15) is 0 Å². The van der Waals surface area contributed by atoms with E-state index in [0.717, 1.165) is 25.0 Å². The fourth-order valence-corrected chi connectivity index (χ4v) is 1.87. The van der Waals surface area contributed by atoms with Crippen LogP contribution in [0.25, 0.3) is 0 Å². The van der Waals surface area contributed by atoms with Crippen molar-refractivity contribution in [2.45, 2.75) is 45.5 Å². The highest BCUT2D eigenvalue weighted by Crippen LogP contribution is 2.19. The van der Waals surface area contributed by atoms with E-state index in [2.05, 4.69) is 16.9 Å². The summed E-state index contributed by atoms with van der Waals surface area (Å²) in [5.74, 6) is 0.530. The van der Waals surface area contributed by atoms with E-state index in [1.54, 1.807) is 12.4 Å². The van der Waals surface area contributed by atoms with Crippen molar-refractivity contribution in [2.75, 3.05) is 13.2 Å². The predicted octanol–water partition coefficient (Wildman–Crippen LogP) is 2.10. The molecular weight excluding hydrogens is 232 g/mol. The molecule has 18 heavy (non-hydrogen) atoms. The molecule has 1 saturated heterocycles. The Morgan fingerprint density at radius 1 is 1.28 bits per heavy atom. The van der Waals surface area contributed by atoms with Crippen LogP contribution in [0.15, 0.2) is 12.4 Å². The summed E-state index contributed by atoms with van der Waals surface area (Å²) in [6.45, 7) is 4.94. The van der Waals surface area contributed by atoms with Gasteiger partial charge in [0.15, 0.2) is 6.29 Å². The molecule has 5 heteroatoms. The van der Waals surface area contributed by atoms with Gasteiger partial charge in [-0.25, -0.2) is 4.98 Å². The lowest BCUT2D eigenvalue weighted by Gasteiger charge is -2.27. The molecule has 0 saturated carbocycles. The van der Waals surface area contributed by atoms with Crippen LogP contribution in [0.5, 0.6) is 5.88 Å². The first-order valence-corrected chi connectivity index (χ1v) is 6.42. The number of aromatic nitrogens is 2. The average molecular weight is 252 g/mol. The molecule has 0 amide bonds. The van der Waals surface area contributed by atoms with Gasteiger partial charge in [-0.15, -0.1) is 0 Å². The van der Waals surface area contributed by atoms with Gasteiger partial charge in [0.2, 0.25) is 5.88 Å². The maximum absolute atomic E-state index is 5.65. The number of ether oxygens (including phenoxy) is 3. The molecule has 1 aromatic rings. The molecule has 1 aliphatic heterocycles. The van der Waals surface area contributed by atoms with Gasteiger partial charge in [0.25, 0.3) is 0 Å². The third-order valence-electron chi connectivity index (χ3n) is 2.83. The summed E-state index contributed by atoms with van der Waals surface area (Å²) >= 11 is 0. The molecule has 5 nitrogen and oxygen atoms in total. The van der Waals surface area contributed by atoms with E-state index in [1.165, 1.54) is 0 Å². The lowest BCUT2D eigenvalue weighted by atomic mass is 10.1. The van der Waals surface area contributed by atoms with Crippen molar-refractivity contribution in [3.63, 3.8) is 0 Å². The van der Waals surface area contributed by atoms with Gasteiger partial charge in [-0.3, -0.25) is 4.98 Å². The van der Waals surface area contributed by atoms with Crippen LogP contribution >= 0.6 is 0 Å². The van der Waals surface area contributed by atoms with Crippen LogP contribution < -0.4 is 4.74 Å². The summed E-state index contributed by atoms with van der Waals surface area (Å²) in [5, 5.41) is 0. The first-order chi connectivity index (χ1) is 8.74. The lowest BCUT2D eigenvalue weighted by molar-refractivity contribution is -0.191. The monoisotopic (exact) mass is 252 g/mol. The van der Waals surface area contributed by atoms with Crippen molar-refractivity contribution in [2.24, 2.45) is 0 Å². The second kappa shape index (κ2) is 6.66. The van der Waals surface area contributed by atoms with Crippen molar-refractivity contribution in [1.82, 2.24) is 9.97 Å². The standard InChI is InChI=1S/C13H20N2O3/c1-10-8-15-12(9-14-10)16-6-7-17-13-5-3-4-11(2)18-13/h8-9,11,13H,3-7H2,1-2H3. The van der Waals surface area contributed by atoms with Crippen LogP contribution in [0.2, 0.25) is 0 Å². The van der Waals surface area contributed by atoms with Gasteiger partial charge in [-0.05, 0) is 33.1 Å². The van der Waals surface area contributed by atoms with Crippen LogP contribution in [0, 0.1) is 6.92 Å². The molecule has 2 atom stereocenters. The third-order valence-corrected chi connectivity index (χ3v) is 2.83. The highest BCUT2D eigenvalue weighted by atomic mass is 16.7. The zero-order chi connectivity index (χ0) is 12.8. The number of hydrogen-bond acceptors (Lipinski definition) is 5. The average Bonchev–Trinajstić information content (AvgIpc) is 2.37. The summed E-state index contributed by atoms with van der Waals surface area (Å²) in [4.78, 5) is 8.21. The minimum atomic E-state index is -0.0820. The second-order valence-corrected chi connectivity index (χ2v) is 4.52. The van der Waals surface area contributed by atoms with Crippen LogP contribution in [-0.2, 0) is 9.47 Å². The van der Waals surface area contributed by atoms with Crippen LogP contribution in [0.3, 0.4) is 0 Å². The highest BCUT2D eigenvalue weighted by molar-refractivity contribution is 5.05. The molecule has 0 aliphatic carbocycles. The zero-order valence-corrected chi connectivity index (χ0v) is 11.0. The fraction of sp³-hybridized carbons (Fsp3) is 0.692. The quantitative estimate of drug-likeness (QED) is 0.751. The smallest absolute Gasteiger partial charge is 0.232 e. The fourth-order valence-electron chi connectivity index (χ4n) is 1.87. The number of nitrogens with zero attached hydrogens (tertiary/aromatic N) is 2. The molecule has 0 spiro atoms. The van der Waals surface area contributed by atoms with E-state index in [1.807, 2.05) is 6.92 Å². The first kappa shape index (κ1) is 13.2. The van der Waals surface area contributed by atoms with Crippen molar-refractivity contribution < 1.29 is 14.2 Å². The summed E-state index contributed by atoms with van der Waals surface area (Å²) in [5.41, 5.74) is 0.878. The Morgan fingerprint density at radius 3 is 2.89 bits per heavy atom. The maximum atomic E-state index is 5.65. The molecule has 0 bridgehead atoms. The molecule has 100 valence electrons. The Bertz CT molecular complexity index is 356. The van der Waals surface area contributed by atoms with E-state index in [-0.39, 0.29) is 6.29 Å². The first-order valence-electron chi connectivity index (χ1n) is 6.42. The van der Waals surface area contributed by atoms with E-state index in [0.29, 0.717) is 25.2 Å². The van der Waals surface area contributed by atoms with Gasteiger partial charge < -0.3 is 14.2 Å². The maximum Gasteiger partial charge on any atom is 0.232 e. The van der Waals surface area contributed by atoms with Gasteiger partial charge >= 0.3 is 0 Å². The van der Waals surface area contributed by atoms with E-state index in [9.17, 15) is 0 Å². The molecule has 2 heterocycles. The Balaban J connectivity index is 1.62. The third kappa shape index (κ3) is 4.23. The molecule has 1 aliphatic rings. The Hall–Kier alpha value is -1.20. The van der Waals surface area contributed by atoms with Crippen molar-refractivity contribution >= 4 is 0 Å². The van der Waals surface area contributed by atoms with Crippen molar-refractivity contribution in [1.29, 1.82) is 0 Å². The summed E-state index contributed by atoms with van der Waals surface area (Å²) in [6, 6.07) is 0. The molecule has 0 aromatic carbocycles. The van der Waals surface area contributed by atoms with Crippen LogP contribution in [0.4, 0.5) is 0 Å². The zero-order valence-electron chi connectivity index (χ0n) is 11.0. The van der Waals surface area contributed by atoms with E-state index in [4.69, 9.17) is 14.2 Å². The van der Waals surface area contributed by atoms with Crippen molar-refractivity contribution in [3.8, 4) is 5.88 Å². The van der Waals surface area contributed by atoms with Crippen LogP contribution in [-0.4, -0.2) is 35.6 Å². The molecule has 1 fully saturated rings. The largest absolute Gasteiger partial charge is 0.474 e. The predicted molar refractivity (Wildman–Crippen MR) is 66.4 cm³/mol. The highest BCUT2D eigenvalue weighted by Gasteiger charge is 2.19. The van der Waals surface area contributed by atoms with E-state index >= 15 is 0 Å². The summed E-state index contributed by atoms with van der Waals surface area (Å²) in [6.07, 6.45) is 6.77. The van der Waals surface area contributed by atoms with Gasteiger partial charge in [0.1, 0.15) is 6.61 Å². The Kier molecular flexibility index (Phi) is 4.90. The van der Waals surface area contributed by atoms with Crippen LogP contribution in [0.1, 0.15) is 31.9 Å². The molecule has 0 N–H and O–H groups in total. The van der Waals surface area contributed by atoms with Crippen molar-refractivity contribution in [3.05, 3.63) is 18.1 Å². The number of hydrogen-bond donors (Lipinski definition) is 0. The topological polar surface area (TPSA) is 53.5 Å². The SMILES string of the molecule is Cc1cnc(OCCOC2CCCC(C)O2)cn1. The molecule has 2 unspecified atom stereocenters. The second-order valence-electron chi connectivity index (χ2n) is 4.52. The number of aryl methyl sites for hydroxylation is 1. The summed E-state index contributed by atoms with van der Waals surface area (Å²) < 4.78 is 16.7. The van der Waals surface area contributed by atoms with Gasteiger partial charge in [0, 0.05) is 0 Å². The molecule has 2 rings (SSSR count). The Labute approximate surface area is 107 Å². The molecular formula is C13H20N2O3.